The molecule has 0 aromatic heterocycles. The first-order valence-electron chi connectivity index (χ1n) is 11.7. The molecule has 2 aromatic rings. The number of hydrogen-bond donors (Lipinski definition) is 1. The Hall–Kier alpha value is -3.54. The molecule has 2 aliphatic rings. The summed E-state index contributed by atoms with van der Waals surface area (Å²) in [5.41, 5.74) is 3.48. The lowest BCUT2D eigenvalue weighted by atomic mass is 9.85. The molecule has 0 radical (unpaired) electrons. The van der Waals surface area contributed by atoms with Crippen LogP contribution in [0.4, 0.5) is 0 Å². The molecule has 6 nitrogen and oxygen atoms in total. The van der Waals surface area contributed by atoms with Gasteiger partial charge in [0, 0.05) is 18.1 Å². The Morgan fingerprint density at radius 2 is 1.85 bits per heavy atom. The number of rotatable bonds is 6. The largest absolute Gasteiger partial charge is 0.493 e. The summed E-state index contributed by atoms with van der Waals surface area (Å²) in [5, 5.41) is 9.71. The molecular formula is C28H30O6. The second kappa shape index (κ2) is 10.2. The van der Waals surface area contributed by atoms with Crippen LogP contribution in [0.5, 0.6) is 17.2 Å². The van der Waals surface area contributed by atoms with Gasteiger partial charge in [0.25, 0.3) is 0 Å². The third-order valence-electron chi connectivity index (χ3n) is 6.25. The molecule has 1 N–H and O–H groups in total. The lowest BCUT2D eigenvalue weighted by molar-refractivity contribution is -0.134. The second-order valence-corrected chi connectivity index (χ2v) is 8.98. The molecular weight excluding hydrogens is 432 g/mol. The highest BCUT2D eigenvalue weighted by Crippen LogP contribution is 2.46. The first kappa shape index (κ1) is 23.6. The molecule has 34 heavy (non-hydrogen) atoms. The van der Waals surface area contributed by atoms with Gasteiger partial charge >= 0.3 is 5.97 Å². The molecule has 0 bridgehead atoms. The van der Waals surface area contributed by atoms with Gasteiger partial charge in [-0.15, -0.1) is 0 Å². The van der Waals surface area contributed by atoms with Gasteiger partial charge in [0.2, 0.25) is 0 Å². The van der Waals surface area contributed by atoms with Crippen molar-refractivity contribution in [1.29, 1.82) is 0 Å². The lowest BCUT2D eigenvalue weighted by Crippen LogP contribution is -2.30. The van der Waals surface area contributed by atoms with Crippen LogP contribution in [-0.4, -0.2) is 30.1 Å². The minimum atomic E-state index is -1.20. The lowest BCUT2D eigenvalue weighted by Gasteiger charge is -2.33. The summed E-state index contributed by atoms with van der Waals surface area (Å²) in [6.45, 7) is 4.45. The number of Topliss-reactive ketones (excluding diaryl/α,β-unsaturated/α-hetero) is 1. The molecule has 4 rings (SSSR count). The van der Waals surface area contributed by atoms with Crippen molar-refractivity contribution in [3.05, 3.63) is 70.8 Å². The van der Waals surface area contributed by atoms with E-state index in [1.54, 1.807) is 7.11 Å². The van der Waals surface area contributed by atoms with E-state index in [-0.39, 0.29) is 29.8 Å². The number of hydrogen-bond acceptors (Lipinski definition) is 5. The summed E-state index contributed by atoms with van der Waals surface area (Å²) in [5.74, 6) is 0.363. The fourth-order valence-corrected chi connectivity index (χ4v) is 4.49. The molecule has 178 valence electrons. The fourth-order valence-electron chi connectivity index (χ4n) is 4.49. The standard InChI is InChI=1S/C28H30O6/c1-17(2)27-21-13-22(28(30)31)23(29)12-8-7-11-19(21)20-14-25(32-3)26(15-24(20)34-27)33-16-18-9-5-4-6-10-18/h4-6,9-10,13-15,17,27H,7-8,11-12,16H2,1-3H3,(H,30,31)/b22-13+. The molecule has 2 aromatic carbocycles. The number of allylic oxidation sites excluding steroid dienone is 1. The Morgan fingerprint density at radius 3 is 2.53 bits per heavy atom. The van der Waals surface area contributed by atoms with E-state index in [2.05, 4.69) is 0 Å². The van der Waals surface area contributed by atoms with Crippen molar-refractivity contribution >= 4 is 17.3 Å². The number of carboxylic acids is 1. The molecule has 6 heteroatoms. The maximum absolute atomic E-state index is 12.5. The predicted molar refractivity (Wildman–Crippen MR) is 129 cm³/mol. The minimum absolute atomic E-state index is 0.0658. The van der Waals surface area contributed by atoms with Crippen molar-refractivity contribution in [3.8, 4) is 17.2 Å². The van der Waals surface area contributed by atoms with E-state index in [9.17, 15) is 14.7 Å². The van der Waals surface area contributed by atoms with Gasteiger partial charge in [-0.25, -0.2) is 4.79 Å². The number of methoxy groups -OCH3 is 1. The van der Waals surface area contributed by atoms with Crippen LogP contribution in [0.1, 0.15) is 50.7 Å². The predicted octanol–water partition coefficient (Wildman–Crippen LogP) is 5.60. The number of ketones is 1. The van der Waals surface area contributed by atoms with Crippen molar-refractivity contribution in [2.45, 2.75) is 52.2 Å². The molecule has 0 saturated heterocycles. The number of ether oxygens (including phenoxy) is 3. The zero-order valence-corrected chi connectivity index (χ0v) is 19.8. The van der Waals surface area contributed by atoms with E-state index in [0.717, 1.165) is 35.1 Å². The maximum Gasteiger partial charge on any atom is 0.339 e. The summed E-state index contributed by atoms with van der Waals surface area (Å²) in [7, 11) is 1.59. The van der Waals surface area contributed by atoms with Crippen LogP contribution in [0.2, 0.25) is 0 Å². The zero-order valence-electron chi connectivity index (χ0n) is 19.8. The molecule has 0 fully saturated rings. The molecule has 0 amide bonds. The summed E-state index contributed by atoms with van der Waals surface area (Å²) in [6.07, 6.45) is 3.53. The van der Waals surface area contributed by atoms with Crippen molar-refractivity contribution in [2.24, 2.45) is 5.92 Å². The third-order valence-corrected chi connectivity index (χ3v) is 6.25. The van der Waals surface area contributed by atoms with Crippen molar-refractivity contribution in [2.75, 3.05) is 7.11 Å². The summed E-state index contributed by atoms with van der Waals surface area (Å²) in [6, 6.07) is 13.6. The van der Waals surface area contributed by atoms with Gasteiger partial charge in [-0.3, -0.25) is 4.79 Å². The van der Waals surface area contributed by atoms with Crippen molar-refractivity contribution < 1.29 is 28.9 Å². The highest BCUT2D eigenvalue weighted by atomic mass is 16.5. The quantitative estimate of drug-likeness (QED) is 0.563. The van der Waals surface area contributed by atoms with Gasteiger partial charge in [-0.2, -0.15) is 0 Å². The SMILES string of the molecule is COc1cc2c(cc1OCc1ccccc1)OC(C(C)C)C1=C2CCCCC(=O)/C(C(=O)O)=C\1. The zero-order chi connectivity index (χ0) is 24.2. The average molecular weight is 463 g/mol. The van der Waals surface area contributed by atoms with E-state index < -0.39 is 5.97 Å². The Morgan fingerprint density at radius 1 is 1.12 bits per heavy atom. The molecule has 1 aliphatic carbocycles. The van der Waals surface area contributed by atoms with Crippen LogP contribution in [0, 0.1) is 5.92 Å². The van der Waals surface area contributed by atoms with Crippen LogP contribution in [0.25, 0.3) is 5.57 Å². The van der Waals surface area contributed by atoms with E-state index in [1.165, 1.54) is 6.08 Å². The van der Waals surface area contributed by atoms with Crippen LogP contribution in [0.3, 0.4) is 0 Å². The molecule has 1 aliphatic heterocycles. The van der Waals surface area contributed by atoms with Crippen LogP contribution >= 0.6 is 0 Å². The average Bonchev–Trinajstić information content (AvgIpc) is 2.91. The number of aliphatic carboxylic acids is 1. The summed E-state index contributed by atoms with van der Waals surface area (Å²) in [4.78, 5) is 24.4. The summed E-state index contributed by atoms with van der Waals surface area (Å²) >= 11 is 0. The molecule has 0 spiro atoms. The van der Waals surface area contributed by atoms with Crippen LogP contribution < -0.4 is 14.2 Å². The maximum atomic E-state index is 12.5. The van der Waals surface area contributed by atoms with Crippen molar-refractivity contribution in [1.82, 2.24) is 0 Å². The van der Waals surface area contributed by atoms with Crippen LogP contribution in [-0.2, 0) is 16.2 Å². The number of carbonyl (C=O) groups is 2. The van der Waals surface area contributed by atoms with Gasteiger partial charge in [-0.1, -0.05) is 44.2 Å². The van der Waals surface area contributed by atoms with E-state index in [4.69, 9.17) is 14.2 Å². The normalized spacial score (nSPS) is 19.6. The third kappa shape index (κ3) is 4.86. The number of benzene rings is 2. The number of fused-ring (bicyclic) bond motifs is 2. The minimum Gasteiger partial charge on any atom is -0.493 e. The smallest absolute Gasteiger partial charge is 0.339 e. The highest BCUT2D eigenvalue weighted by molar-refractivity contribution is 6.17. The highest BCUT2D eigenvalue weighted by Gasteiger charge is 2.33. The van der Waals surface area contributed by atoms with Crippen molar-refractivity contribution in [3.63, 3.8) is 0 Å². The summed E-state index contributed by atoms with van der Waals surface area (Å²) < 4.78 is 18.1. The van der Waals surface area contributed by atoms with Gasteiger partial charge in [0.15, 0.2) is 17.3 Å². The van der Waals surface area contributed by atoms with Gasteiger partial charge in [-0.05, 0) is 54.0 Å². The molecule has 1 unspecified atom stereocenters. The van der Waals surface area contributed by atoms with Gasteiger partial charge in [0.1, 0.15) is 24.0 Å². The van der Waals surface area contributed by atoms with Gasteiger partial charge < -0.3 is 19.3 Å². The van der Waals surface area contributed by atoms with Crippen LogP contribution in [0.15, 0.2) is 59.7 Å². The Kier molecular flexibility index (Phi) is 7.06. The number of carboxylic acid groups (broad SMARTS) is 1. The molecule has 1 heterocycles. The Balaban J connectivity index is 1.81. The molecule has 1 atom stereocenters. The van der Waals surface area contributed by atoms with E-state index >= 15 is 0 Å². The second-order valence-electron chi connectivity index (χ2n) is 8.98. The number of carbonyl (C=O) groups excluding carboxylic acids is 1. The Labute approximate surface area is 199 Å². The topological polar surface area (TPSA) is 82.1 Å². The van der Waals surface area contributed by atoms with E-state index in [0.29, 0.717) is 30.3 Å². The van der Waals surface area contributed by atoms with E-state index in [1.807, 2.05) is 56.3 Å². The Bertz CT molecular complexity index is 1140. The van der Waals surface area contributed by atoms with Gasteiger partial charge in [0.05, 0.1) is 7.11 Å². The monoisotopic (exact) mass is 462 g/mol. The first-order chi connectivity index (χ1) is 16.4. The molecule has 0 saturated carbocycles. The fraction of sp³-hybridized carbons (Fsp3) is 0.357. The first-order valence-corrected chi connectivity index (χ1v) is 11.7.